The van der Waals surface area contributed by atoms with Crippen LogP contribution in [0.3, 0.4) is 0 Å². The van der Waals surface area contributed by atoms with E-state index in [1.165, 1.54) is 211 Å². The number of nitrogens with zero attached hydrogens (tertiary/aromatic N) is 5. The zero-order valence-corrected chi connectivity index (χ0v) is 48.7. The van der Waals surface area contributed by atoms with Gasteiger partial charge >= 0.3 is 11.9 Å². The van der Waals surface area contributed by atoms with Crippen LogP contribution < -0.4 is 18.9 Å². The van der Waals surface area contributed by atoms with Crippen molar-refractivity contribution in [2.24, 2.45) is 20.5 Å². The van der Waals surface area contributed by atoms with E-state index in [1.54, 1.807) is 48.5 Å². The lowest BCUT2D eigenvalue weighted by molar-refractivity contribution is 0.0732. The lowest BCUT2D eigenvalue weighted by Crippen LogP contribution is -2.11. The van der Waals surface area contributed by atoms with Crippen LogP contribution in [0, 0.1) is 11.3 Å². The van der Waals surface area contributed by atoms with Crippen molar-refractivity contribution < 1.29 is 28.5 Å². The zero-order valence-electron chi connectivity index (χ0n) is 48.7. The molecule has 0 saturated heterocycles. The Morgan fingerprint density at radius 1 is 0.350 bits per heavy atom. The number of azo groups is 2. The van der Waals surface area contributed by atoms with Crippen molar-refractivity contribution >= 4 is 34.7 Å². The van der Waals surface area contributed by atoms with Crippen LogP contribution in [0.4, 0.5) is 22.7 Å². The minimum Gasteiger partial charge on any atom is -0.494 e. The third-order valence-corrected chi connectivity index (χ3v) is 14.5. The molecule has 5 aromatic rings. The summed E-state index contributed by atoms with van der Waals surface area (Å²) in [6, 6.07) is 34.3. The largest absolute Gasteiger partial charge is 0.494 e. The minimum absolute atomic E-state index is 0.0465. The predicted octanol–water partition coefficient (Wildman–Crippen LogP) is 22.1. The van der Waals surface area contributed by atoms with Crippen molar-refractivity contribution in [1.29, 1.82) is 5.26 Å². The standard InChI is InChI=1S/C69H93N5O6/c1-3-5-7-9-11-13-15-17-19-21-23-25-27-29-31-33-53-77-64-49-44-62(45-50-64)73-71-60-40-35-57(36-41-60)68(75)79-66-48-39-59(56-70)67(55-66)80-69(76)58-37-42-61(43-38-58)72-74-63-46-51-65(52-47-63)78-54-34-32-30-28-26-24-22-20-18-16-14-12-10-8-6-4-2/h35-52,55H,3-34,53-54H2,1-2H3. The van der Waals surface area contributed by atoms with Crippen LogP contribution in [-0.4, -0.2) is 25.2 Å². The highest BCUT2D eigenvalue weighted by atomic mass is 16.5. The van der Waals surface area contributed by atoms with Gasteiger partial charge in [-0.2, -0.15) is 25.7 Å². The van der Waals surface area contributed by atoms with Gasteiger partial charge in [-0.05, 0) is 122 Å². The van der Waals surface area contributed by atoms with Crippen LogP contribution >= 0.6 is 0 Å². The van der Waals surface area contributed by atoms with Gasteiger partial charge in [0.1, 0.15) is 23.3 Å². The Kier molecular flexibility index (Phi) is 33.2. The van der Waals surface area contributed by atoms with Crippen molar-refractivity contribution in [1.82, 2.24) is 0 Å². The number of carbonyl (C=O) groups excluding carboxylic acids is 2. The normalized spacial score (nSPS) is 11.3. The fraction of sp³-hybridized carbons (Fsp3) is 0.522. The summed E-state index contributed by atoms with van der Waals surface area (Å²) in [6.45, 7) is 5.95. The Labute approximate surface area is 480 Å². The van der Waals surface area contributed by atoms with E-state index in [9.17, 15) is 14.9 Å². The first-order chi connectivity index (χ1) is 39.4. The van der Waals surface area contributed by atoms with Crippen molar-refractivity contribution in [2.75, 3.05) is 13.2 Å². The SMILES string of the molecule is CCCCCCCCCCCCCCCCCCOc1ccc(N=Nc2ccc(C(=O)Oc3ccc(C#N)c(OC(=O)c4ccc(N=Nc5ccc(OCCCCCCCCCCCCCCCCCC)cc5)cc4)c3)cc2)cc1. The average molecular weight is 1090 g/mol. The summed E-state index contributed by atoms with van der Waals surface area (Å²) in [5.41, 5.74) is 3.06. The van der Waals surface area contributed by atoms with Gasteiger partial charge in [-0.25, -0.2) is 9.59 Å². The smallest absolute Gasteiger partial charge is 0.343 e. The molecule has 0 spiro atoms. The fourth-order valence-electron chi connectivity index (χ4n) is 9.53. The first-order valence-electron chi connectivity index (χ1n) is 30.9. The van der Waals surface area contributed by atoms with Crippen molar-refractivity contribution in [2.45, 2.75) is 219 Å². The summed E-state index contributed by atoms with van der Waals surface area (Å²) in [5, 5.41) is 27.1. The molecule has 5 rings (SSSR count). The first-order valence-corrected chi connectivity index (χ1v) is 30.9. The van der Waals surface area contributed by atoms with Gasteiger partial charge in [0.25, 0.3) is 0 Å². The molecule has 80 heavy (non-hydrogen) atoms. The van der Waals surface area contributed by atoms with E-state index in [4.69, 9.17) is 18.9 Å². The number of esters is 2. The number of hydrogen-bond donors (Lipinski definition) is 0. The summed E-state index contributed by atoms with van der Waals surface area (Å²) >= 11 is 0. The van der Waals surface area contributed by atoms with E-state index in [2.05, 4.69) is 34.3 Å². The molecule has 0 atom stereocenters. The molecule has 0 N–H and O–H groups in total. The van der Waals surface area contributed by atoms with Crippen LogP contribution in [-0.2, 0) is 0 Å². The molecule has 11 heteroatoms. The molecule has 0 aliphatic carbocycles. The van der Waals surface area contributed by atoms with Crippen molar-refractivity contribution in [3.8, 4) is 29.1 Å². The van der Waals surface area contributed by atoms with E-state index in [1.807, 2.05) is 54.6 Å². The highest BCUT2D eigenvalue weighted by molar-refractivity contribution is 5.92. The van der Waals surface area contributed by atoms with Gasteiger partial charge in [-0.1, -0.05) is 206 Å². The second-order valence-corrected chi connectivity index (χ2v) is 21.3. The third-order valence-electron chi connectivity index (χ3n) is 14.5. The van der Waals surface area contributed by atoms with Gasteiger partial charge in [0.05, 0.1) is 52.7 Å². The number of unbranched alkanes of at least 4 members (excludes halogenated alkanes) is 30. The molecule has 0 aromatic heterocycles. The Hall–Kier alpha value is -6.67. The summed E-state index contributed by atoms with van der Waals surface area (Å²) in [5.74, 6) is 0.334. The van der Waals surface area contributed by atoms with Crippen molar-refractivity contribution in [3.63, 3.8) is 0 Å². The quantitative estimate of drug-likeness (QED) is 0.0163. The van der Waals surface area contributed by atoms with Gasteiger partial charge < -0.3 is 18.9 Å². The molecular weight excluding hydrogens is 995 g/mol. The van der Waals surface area contributed by atoms with Crippen LogP contribution in [0.25, 0.3) is 0 Å². The molecule has 5 aromatic carbocycles. The Morgan fingerprint density at radius 2 is 0.625 bits per heavy atom. The second kappa shape index (κ2) is 41.4. The van der Waals surface area contributed by atoms with E-state index in [0.717, 1.165) is 24.3 Å². The molecule has 0 fully saturated rings. The van der Waals surface area contributed by atoms with E-state index in [0.29, 0.717) is 36.0 Å². The number of ether oxygens (including phenoxy) is 4. The highest BCUT2D eigenvalue weighted by Gasteiger charge is 2.16. The molecule has 0 saturated carbocycles. The minimum atomic E-state index is -0.696. The highest BCUT2D eigenvalue weighted by Crippen LogP contribution is 2.29. The van der Waals surface area contributed by atoms with Gasteiger partial charge in [0.15, 0.2) is 5.75 Å². The molecule has 0 aliphatic rings. The molecule has 0 unspecified atom stereocenters. The van der Waals surface area contributed by atoms with Crippen LogP contribution in [0.5, 0.6) is 23.0 Å². The second-order valence-electron chi connectivity index (χ2n) is 21.3. The van der Waals surface area contributed by atoms with Crippen LogP contribution in [0.1, 0.15) is 246 Å². The molecule has 0 radical (unpaired) electrons. The Bertz CT molecular complexity index is 2540. The van der Waals surface area contributed by atoms with Gasteiger partial charge in [0, 0.05) is 6.07 Å². The molecule has 0 amide bonds. The monoisotopic (exact) mass is 1090 g/mol. The summed E-state index contributed by atoms with van der Waals surface area (Å²) in [4.78, 5) is 26.3. The number of benzene rings is 5. The molecule has 11 nitrogen and oxygen atoms in total. The number of rotatable bonds is 44. The zero-order chi connectivity index (χ0) is 56.3. The predicted molar refractivity (Wildman–Crippen MR) is 325 cm³/mol. The molecule has 430 valence electrons. The summed E-state index contributed by atoms with van der Waals surface area (Å²) < 4.78 is 23.1. The van der Waals surface area contributed by atoms with Gasteiger partial charge in [-0.15, -0.1) is 0 Å². The first kappa shape index (κ1) is 64.2. The topological polar surface area (TPSA) is 144 Å². The summed E-state index contributed by atoms with van der Waals surface area (Å²) in [7, 11) is 0. The lowest BCUT2D eigenvalue weighted by atomic mass is 10.0. The van der Waals surface area contributed by atoms with Gasteiger partial charge in [-0.3, -0.25) is 0 Å². The molecule has 0 aliphatic heterocycles. The van der Waals surface area contributed by atoms with E-state index >= 15 is 0 Å². The molecular formula is C69H93N5O6. The third kappa shape index (κ3) is 28.0. The van der Waals surface area contributed by atoms with Crippen molar-refractivity contribution in [3.05, 3.63) is 132 Å². The van der Waals surface area contributed by atoms with Crippen LogP contribution in [0.2, 0.25) is 0 Å². The number of hydrogen-bond acceptors (Lipinski definition) is 11. The number of nitriles is 1. The Balaban J connectivity index is 0.926. The van der Waals surface area contributed by atoms with E-state index in [-0.39, 0.29) is 28.2 Å². The maximum absolute atomic E-state index is 13.2. The molecule has 0 bridgehead atoms. The molecule has 0 heterocycles. The number of carbonyl (C=O) groups is 2. The Morgan fingerprint density at radius 3 is 0.938 bits per heavy atom. The maximum Gasteiger partial charge on any atom is 0.343 e. The average Bonchev–Trinajstić information content (AvgIpc) is 3.48. The van der Waals surface area contributed by atoms with Crippen LogP contribution in [0.15, 0.2) is 136 Å². The lowest BCUT2D eigenvalue weighted by Gasteiger charge is -2.09. The maximum atomic E-state index is 13.2. The summed E-state index contributed by atoms with van der Waals surface area (Å²) in [6.07, 6.45) is 43.0. The fourth-order valence-corrected chi connectivity index (χ4v) is 9.53. The van der Waals surface area contributed by atoms with Gasteiger partial charge in [0.2, 0.25) is 0 Å². The van der Waals surface area contributed by atoms with E-state index < -0.39 is 11.9 Å².